The monoisotopic (exact) mass is 430 g/mol. The third-order valence-electron chi connectivity index (χ3n) is 4.25. The first-order valence-electron chi connectivity index (χ1n) is 8.56. The summed E-state index contributed by atoms with van der Waals surface area (Å²) in [6.07, 6.45) is 4.81. The Balaban J connectivity index is 0.00000264. The lowest BCUT2D eigenvalue weighted by Crippen LogP contribution is -2.39. The van der Waals surface area contributed by atoms with Crippen LogP contribution < -0.4 is 10.6 Å². The largest absolute Gasteiger partial charge is 0.357 e. The maximum Gasteiger partial charge on any atom is 0.191 e. The van der Waals surface area contributed by atoms with Gasteiger partial charge in [-0.15, -0.1) is 24.0 Å². The second-order valence-corrected chi connectivity index (χ2v) is 6.01. The first kappa shape index (κ1) is 20.2. The van der Waals surface area contributed by atoms with E-state index < -0.39 is 0 Å². The molecule has 0 spiro atoms. The molecule has 1 unspecified atom stereocenters. The minimum Gasteiger partial charge on any atom is -0.357 e. The van der Waals surface area contributed by atoms with E-state index in [1.165, 1.54) is 24.9 Å². The van der Waals surface area contributed by atoms with Gasteiger partial charge in [0.15, 0.2) is 5.96 Å². The maximum atomic E-state index is 4.74. The number of halogens is 1. The van der Waals surface area contributed by atoms with Crippen molar-refractivity contribution in [2.45, 2.75) is 38.6 Å². The highest BCUT2D eigenvalue weighted by molar-refractivity contribution is 14.0. The van der Waals surface area contributed by atoms with Gasteiger partial charge in [0.1, 0.15) is 0 Å². The Bertz CT molecular complexity index is 450. The molecule has 23 heavy (non-hydrogen) atoms. The Labute approximate surface area is 158 Å². The fraction of sp³-hybridized carbons (Fsp3) is 0.611. The average molecular weight is 430 g/mol. The molecule has 1 aromatic rings. The first-order chi connectivity index (χ1) is 10.8. The van der Waals surface area contributed by atoms with Crippen molar-refractivity contribution in [1.82, 2.24) is 15.5 Å². The van der Waals surface area contributed by atoms with Gasteiger partial charge in [-0.05, 0) is 51.8 Å². The average Bonchev–Trinajstić information content (AvgIpc) is 2.95. The molecule has 1 aromatic carbocycles. The number of nitrogens with zero attached hydrogens (tertiary/aromatic N) is 2. The first-order valence-corrected chi connectivity index (χ1v) is 8.56. The van der Waals surface area contributed by atoms with Crippen LogP contribution in [0.15, 0.2) is 35.3 Å². The van der Waals surface area contributed by atoms with Gasteiger partial charge in [-0.1, -0.05) is 30.3 Å². The zero-order valence-electron chi connectivity index (χ0n) is 14.4. The third kappa shape index (κ3) is 7.52. The number of benzene rings is 1. The van der Waals surface area contributed by atoms with Gasteiger partial charge in [-0.2, -0.15) is 0 Å². The summed E-state index contributed by atoms with van der Waals surface area (Å²) < 4.78 is 0. The zero-order valence-corrected chi connectivity index (χ0v) is 16.8. The van der Waals surface area contributed by atoms with E-state index in [0.717, 1.165) is 38.4 Å². The van der Waals surface area contributed by atoms with Crippen LogP contribution in [-0.2, 0) is 6.42 Å². The molecule has 1 aliphatic rings. The Morgan fingerprint density at radius 1 is 1.26 bits per heavy atom. The molecule has 2 N–H and O–H groups in total. The van der Waals surface area contributed by atoms with Gasteiger partial charge in [0.05, 0.1) is 6.54 Å². The molecule has 0 radical (unpaired) electrons. The van der Waals surface area contributed by atoms with E-state index >= 15 is 0 Å². The van der Waals surface area contributed by atoms with Gasteiger partial charge in [0.25, 0.3) is 0 Å². The Morgan fingerprint density at radius 2 is 2.04 bits per heavy atom. The molecule has 0 aromatic heterocycles. The van der Waals surface area contributed by atoms with Crippen LogP contribution in [0.25, 0.3) is 0 Å². The standard InChI is InChI=1S/C18H30N4.HI/c1-3-19-18(21-15-17-12-8-14-22(17)2)20-13-7-11-16-9-5-4-6-10-16;/h4-6,9-10,17H,3,7-8,11-15H2,1-2H3,(H2,19,20,21);1H. The van der Waals surface area contributed by atoms with E-state index in [0.29, 0.717) is 6.04 Å². The molecule has 0 saturated carbocycles. The summed E-state index contributed by atoms with van der Waals surface area (Å²) in [6.45, 7) is 6.08. The number of aliphatic imine (C=N–C) groups is 1. The lowest BCUT2D eigenvalue weighted by Gasteiger charge is -2.18. The molecule has 0 amide bonds. The lowest BCUT2D eigenvalue weighted by molar-refractivity contribution is 0.317. The molecule has 5 heteroatoms. The second kappa shape index (κ2) is 11.7. The summed E-state index contributed by atoms with van der Waals surface area (Å²) in [5.74, 6) is 0.955. The van der Waals surface area contributed by atoms with Crippen LogP contribution in [0, 0.1) is 0 Å². The number of hydrogen-bond acceptors (Lipinski definition) is 2. The summed E-state index contributed by atoms with van der Waals surface area (Å²) >= 11 is 0. The van der Waals surface area contributed by atoms with Gasteiger partial charge >= 0.3 is 0 Å². The number of guanidine groups is 1. The van der Waals surface area contributed by atoms with Crippen molar-refractivity contribution in [2.75, 3.05) is 33.2 Å². The van der Waals surface area contributed by atoms with Gasteiger partial charge in [0, 0.05) is 19.1 Å². The van der Waals surface area contributed by atoms with Crippen LogP contribution in [0.4, 0.5) is 0 Å². The van der Waals surface area contributed by atoms with Crippen LogP contribution in [0.3, 0.4) is 0 Å². The van der Waals surface area contributed by atoms with Crippen molar-refractivity contribution in [1.29, 1.82) is 0 Å². The highest BCUT2D eigenvalue weighted by Crippen LogP contribution is 2.14. The number of nitrogens with one attached hydrogen (secondary N) is 2. The van der Waals surface area contributed by atoms with Crippen LogP contribution in [0.5, 0.6) is 0 Å². The van der Waals surface area contributed by atoms with Gasteiger partial charge < -0.3 is 15.5 Å². The van der Waals surface area contributed by atoms with E-state index in [1.54, 1.807) is 0 Å². The number of aryl methyl sites for hydroxylation is 1. The van der Waals surface area contributed by atoms with Crippen molar-refractivity contribution in [3.8, 4) is 0 Å². The van der Waals surface area contributed by atoms with Crippen molar-refractivity contribution < 1.29 is 0 Å². The third-order valence-corrected chi connectivity index (χ3v) is 4.25. The molecule has 0 bridgehead atoms. The minimum absolute atomic E-state index is 0. The summed E-state index contributed by atoms with van der Waals surface area (Å²) in [6, 6.07) is 11.3. The van der Waals surface area contributed by atoms with Gasteiger partial charge in [-0.3, -0.25) is 4.99 Å². The predicted molar refractivity (Wildman–Crippen MR) is 110 cm³/mol. The fourth-order valence-electron chi connectivity index (χ4n) is 2.89. The molecule has 130 valence electrons. The smallest absolute Gasteiger partial charge is 0.191 e. The van der Waals surface area contributed by atoms with Crippen molar-refractivity contribution >= 4 is 29.9 Å². The Hall–Kier alpha value is -0.820. The normalized spacial score (nSPS) is 18.5. The summed E-state index contributed by atoms with van der Waals surface area (Å²) in [5, 5.41) is 6.79. The fourth-order valence-corrected chi connectivity index (χ4v) is 2.89. The molecule has 1 aliphatic heterocycles. The van der Waals surface area contributed by atoms with Gasteiger partial charge in [0.2, 0.25) is 0 Å². The van der Waals surface area contributed by atoms with Crippen molar-refractivity contribution in [2.24, 2.45) is 4.99 Å². The van der Waals surface area contributed by atoms with Gasteiger partial charge in [-0.25, -0.2) is 0 Å². The van der Waals surface area contributed by atoms with E-state index in [-0.39, 0.29) is 24.0 Å². The number of likely N-dealkylation sites (N-methyl/N-ethyl adjacent to an activating group) is 1. The number of hydrogen-bond donors (Lipinski definition) is 2. The number of likely N-dealkylation sites (tertiary alicyclic amines) is 1. The SMILES string of the molecule is CCNC(=NCC1CCCN1C)NCCCc1ccccc1.I. The molecule has 2 rings (SSSR count). The van der Waals surface area contributed by atoms with Crippen molar-refractivity contribution in [3.63, 3.8) is 0 Å². The predicted octanol–water partition coefficient (Wildman–Crippen LogP) is 2.89. The molecule has 1 heterocycles. The molecular formula is C18H31IN4. The Kier molecular flexibility index (Phi) is 10.3. The highest BCUT2D eigenvalue weighted by Gasteiger charge is 2.20. The number of rotatable bonds is 7. The van der Waals surface area contributed by atoms with Crippen LogP contribution in [0.2, 0.25) is 0 Å². The topological polar surface area (TPSA) is 39.7 Å². The summed E-state index contributed by atoms with van der Waals surface area (Å²) in [4.78, 5) is 7.16. The molecule has 1 fully saturated rings. The second-order valence-electron chi connectivity index (χ2n) is 6.01. The van der Waals surface area contributed by atoms with E-state index in [2.05, 4.69) is 59.8 Å². The van der Waals surface area contributed by atoms with Crippen LogP contribution in [0.1, 0.15) is 31.7 Å². The van der Waals surface area contributed by atoms with Crippen LogP contribution >= 0.6 is 24.0 Å². The molecule has 1 saturated heterocycles. The van der Waals surface area contributed by atoms with Crippen molar-refractivity contribution in [3.05, 3.63) is 35.9 Å². The van der Waals surface area contributed by atoms with E-state index in [4.69, 9.17) is 4.99 Å². The highest BCUT2D eigenvalue weighted by atomic mass is 127. The molecule has 4 nitrogen and oxygen atoms in total. The van der Waals surface area contributed by atoms with E-state index in [9.17, 15) is 0 Å². The molecular weight excluding hydrogens is 399 g/mol. The lowest BCUT2D eigenvalue weighted by atomic mass is 10.1. The maximum absolute atomic E-state index is 4.74. The van der Waals surface area contributed by atoms with E-state index in [1.807, 2.05) is 0 Å². The molecule has 1 atom stereocenters. The van der Waals surface area contributed by atoms with Crippen LogP contribution in [-0.4, -0.2) is 50.1 Å². The zero-order chi connectivity index (χ0) is 15.6. The molecule has 0 aliphatic carbocycles. The summed E-state index contributed by atoms with van der Waals surface area (Å²) in [7, 11) is 2.20. The quantitative estimate of drug-likeness (QED) is 0.303. The summed E-state index contributed by atoms with van der Waals surface area (Å²) in [5.41, 5.74) is 1.40. The Morgan fingerprint density at radius 3 is 2.70 bits per heavy atom. The minimum atomic E-state index is 0.